The predicted molar refractivity (Wildman–Crippen MR) is 319 cm³/mol. The third-order valence-corrected chi connectivity index (χ3v) is 16.8. The first kappa shape index (κ1) is 70.3. The van der Waals surface area contributed by atoms with Gasteiger partial charge in [-0.3, -0.25) is 33.8 Å². The third-order valence-electron chi connectivity index (χ3n) is 16.8. The Bertz CT molecular complexity index is 2700. The maximum atomic E-state index is 14.8. The van der Waals surface area contributed by atoms with Crippen molar-refractivity contribution in [1.29, 1.82) is 0 Å². The fourth-order valence-electron chi connectivity index (χ4n) is 10.9. The number of likely N-dealkylation sites (N-methyl/N-ethyl adjacent to an activating group) is 1. The second kappa shape index (κ2) is 31.3. The van der Waals surface area contributed by atoms with Gasteiger partial charge in [0.05, 0.1) is 47.0 Å². The first-order chi connectivity index (χ1) is 39.4. The van der Waals surface area contributed by atoms with E-state index in [-0.39, 0.29) is 52.4 Å². The van der Waals surface area contributed by atoms with E-state index in [4.69, 9.17) is 33.4 Å². The highest BCUT2D eigenvalue weighted by atomic mass is 16.7. The minimum atomic E-state index is -1.97. The van der Waals surface area contributed by atoms with Crippen LogP contribution >= 0.6 is 0 Å². The molecule has 1 aromatic carbocycles. The minimum absolute atomic E-state index is 0.00583. The molecule has 0 saturated carbocycles. The van der Waals surface area contributed by atoms with Gasteiger partial charge in [-0.15, -0.1) is 0 Å². The van der Waals surface area contributed by atoms with E-state index in [1.165, 1.54) is 40.3 Å². The van der Waals surface area contributed by atoms with Crippen molar-refractivity contribution in [2.75, 3.05) is 47.1 Å². The van der Waals surface area contributed by atoms with E-state index in [0.717, 1.165) is 56.6 Å². The molecule has 2 amide bonds. The van der Waals surface area contributed by atoms with Crippen molar-refractivity contribution in [1.82, 2.24) is 15.1 Å². The van der Waals surface area contributed by atoms with Crippen LogP contribution in [-0.2, 0) is 42.9 Å². The monoisotopic (exact) mass is 1180 g/mol. The van der Waals surface area contributed by atoms with Gasteiger partial charge in [0, 0.05) is 87.5 Å². The molecule has 0 aromatic heterocycles. The van der Waals surface area contributed by atoms with Gasteiger partial charge in [-0.2, -0.15) is 0 Å². The molecular weight excluding hydrogens is 1080 g/mol. The summed E-state index contributed by atoms with van der Waals surface area (Å²) in [5, 5.41) is 38.3. The van der Waals surface area contributed by atoms with Crippen molar-refractivity contribution in [3.63, 3.8) is 0 Å². The number of esters is 2. The van der Waals surface area contributed by atoms with Crippen LogP contribution in [0.2, 0.25) is 0 Å². The summed E-state index contributed by atoms with van der Waals surface area (Å²) in [6.45, 7) is 27.9. The van der Waals surface area contributed by atoms with E-state index in [0.29, 0.717) is 34.8 Å². The Hall–Kier alpha value is -6.22. The molecule has 4 rings (SSSR count). The highest BCUT2D eigenvalue weighted by Crippen LogP contribution is 2.49. The van der Waals surface area contributed by atoms with Crippen LogP contribution in [0.15, 0.2) is 52.3 Å². The van der Waals surface area contributed by atoms with E-state index < -0.39 is 114 Å². The number of ketones is 3. The zero-order valence-corrected chi connectivity index (χ0v) is 52.8. The van der Waals surface area contributed by atoms with Crippen LogP contribution in [0, 0.1) is 36.5 Å². The molecule has 4 N–H and O–H groups in total. The number of benzene rings is 1. The number of likely N-dealkylation sites (tertiary alicyclic amines) is 1. The number of phenolic OH excluding ortho intramolecular Hbond substituents is 1. The lowest BCUT2D eigenvalue weighted by atomic mass is 9.78. The molecule has 10 atom stereocenters. The Labute approximate surface area is 497 Å². The van der Waals surface area contributed by atoms with Crippen molar-refractivity contribution >= 4 is 47.0 Å². The van der Waals surface area contributed by atoms with Gasteiger partial charge in [-0.05, 0) is 83.9 Å². The molecule has 0 bridgehead atoms. The number of fused-ring (bicyclic) bond motifs is 3. The summed E-state index contributed by atoms with van der Waals surface area (Å²) in [7, 11) is 2.82. The van der Waals surface area contributed by atoms with Crippen LogP contribution in [0.3, 0.4) is 0 Å². The topological polar surface area (TPSA) is 266 Å². The quantitative estimate of drug-likeness (QED) is 0.0140. The van der Waals surface area contributed by atoms with Gasteiger partial charge < -0.3 is 58.9 Å². The number of allylic oxidation sites excluding steroid dienone is 5. The van der Waals surface area contributed by atoms with Crippen molar-refractivity contribution in [3.8, 4) is 11.5 Å². The lowest BCUT2D eigenvalue weighted by molar-refractivity contribution is -0.162. The van der Waals surface area contributed by atoms with Gasteiger partial charge in [0.1, 0.15) is 30.2 Å². The molecule has 84 heavy (non-hydrogen) atoms. The van der Waals surface area contributed by atoms with Crippen LogP contribution in [-0.4, -0.2) is 161 Å². The van der Waals surface area contributed by atoms with Gasteiger partial charge >= 0.3 is 23.8 Å². The third kappa shape index (κ3) is 17.7. The summed E-state index contributed by atoms with van der Waals surface area (Å²) in [6, 6.07) is -1.08. The first-order valence-corrected chi connectivity index (χ1v) is 29.7. The number of nitrogens with zero attached hydrogens (tertiary/aromatic N) is 3. The number of alkyl carbamates (subject to hydrolysis) is 1. The number of ether oxygens (including phenoxy) is 6. The number of Topliss-reactive ketones (excluding diaryl/α,β-unsaturated/α-hetero) is 3. The molecule has 0 radical (unpaired) electrons. The highest BCUT2D eigenvalue weighted by molar-refractivity contribution is 6.33. The molecule has 1 aliphatic carbocycles. The summed E-state index contributed by atoms with van der Waals surface area (Å²) in [5.41, 5.74) is 1.93. The number of unbranched alkanes of at least 4 members (excludes halogenated alkanes) is 3. The van der Waals surface area contributed by atoms with E-state index in [1.807, 2.05) is 6.92 Å². The van der Waals surface area contributed by atoms with Crippen LogP contribution in [0.4, 0.5) is 4.79 Å². The van der Waals surface area contributed by atoms with E-state index in [9.17, 15) is 48.9 Å². The Morgan fingerprint density at radius 2 is 1.49 bits per heavy atom. The van der Waals surface area contributed by atoms with Crippen molar-refractivity contribution in [2.24, 2.45) is 34.6 Å². The number of rotatable bonds is 30. The SMILES string of the molecule is CCCCCC[C@H](NC(=O)OCOC(=O)CC)C(=O)N(C)CC(=O)O[C@H]([C@@H](C)[C@@H](O)[C@@H](C)[C@H](O)[C@H](C)[C@H](/C=C/O[C@@]1(C)Oc2c(C)c(O)c3c(c2C1=O)/C(=N/C1(C)CCN(CC(C)C)CC1)C(C)=C(C)C3=O)OC)[C@@H](C)/C=C/C=C(/C)C(C)=O. The molecule has 468 valence electrons. The van der Waals surface area contributed by atoms with Crippen molar-refractivity contribution in [2.45, 2.75) is 197 Å². The predicted octanol–water partition coefficient (Wildman–Crippen LogP) is 9.07. The largest absolute Gasteiger partial charge is 0.507 e. The number of carbonyl (C=O) groups excluding carboxylic acids is 7. The maximum Gasteiger partial charge on any atom is 0.410 e. The average Bonchev–Trinajstić information content (AvgIpc) is 3.12. The van der Waals surface area contributed by atoms with E-state index in [2.05, 4.69) is 31.0 Å². The number of hydrogen-bond donors (Lipinski definition) is 4. The number of hydrogen-bond acceptors (Lipinski definition) is 18. The summed E-state index contributed by atoms with van der Waals surface area (Å²) in [6.07, 6.45) is 7.31. The second-order valence-corrected chi connectivity index (χ2v) is 24.0. The molecular formula is C64H96N4O16. The number of methoxy groups -OCH3 is 1. The summed E-state index contributed by atoms with van der Waals surface area (Å²) in [4.78, 5) is 102. The molecule has 2 aliphatic heterocycles. The Morgan fingerprint density at radius 1 is 0.845 bits per heavy atom. The number of aromatic hydroxyl groups is 1. The van der Waals surface area contributed by atoms with Crippen molar-refractivity contribution < 1.29 is 77.3 Å². The number of aliphatic imine (C=N–C) groups is 1. The summed E-state index contributed by atoms with van der Waals surface area (Å²) < 4.78 is 34.2. The minimum Gasteiger partial charge on any atom is -0.507 e. The smallest absolute Gasteiger partial charge is 0.410 e. The normalized spacial score (nSPS) is 21.0. The standard InChI is InChI=1S/C64H96N4O16/c1-18-20-21-22-26-46(65-62(78)81-35-80-48(70)19-2)61(77)67(16)34-49(71)83-58(38(6)25-23-24-37(5)45(13)69)43(11)55(73)42(10)54(72)41(9)47(79-17)27-32-82-64(15)60(76)52-50-51(57(75)44(12)59(52)84-64)56(74)40(8)39(7)53(50)66-63(14)28-30-68(31-29-63)33-36(3)4/h23-25,27,32,36,38,41-43,46-47,54-55,58,72-73,75H,18-22,26,28-31,33-35H2,1-17H3,(H,65,78)/b25-23+,32-27+,37-24-,66-53+/t38-,41+,42-,43-,46-,47-,54+,55-,58-,64-/m0/s1. The van der Waals surface area contributed by atoms with Gasteiger partial charge in [0.15, 0.2) is 11.6 Å². The lowest BCUT2D eigenvalue weighted by Gasteiger charge is -2.38. The molecule has 1 fully saturated rings. The molecule has 3 aliphatic rings. The zero-order valence-electron chi connectivity index (χ0n) is 52.8. The molecule has 0 unspecified atom stereocenters. The lowest BCUT2D eigenvalue weighted by Crippen LogP contribution is -2.50. The van der Waals surface area contributed by atoms with Crippen LogP contribution in [0.1, 0.15) is 180 Å². The Morgan fingerprint density at radius 3 is 2.08 bits per heavy atom. The number of aliphatic hydroxyl groups excluding tert-OH is 2. The average molecular weight is 1180 g/mol. The number of nitrogens with one attached hydrogen (secondary N) is 1. The zero-order chi connectivity index (χ0) is 63.1. The fraction of sp³-hybridized carbons (Fsp3) is 0.656. The van der Waals surface area contributed by atoms with Crippen LogP contribution < -0.4 is 10.1 Å². The van der Waals surface area contributed by atoms with E-state index >= 15 is 0 Å². The molecule has 20 heteroatoms. The Balaban J connectivity index is 1.55. The fourth-order valence-corrected chi connectivity index (χ4v) is 10.9. The molecule has 1 saturated heterocycles. The summed E-state index contributed by atoms with van der Waals surface area (Å²) in [5.74, 6) is -7.86. The maximum absolute atomic E-state index is 14.8. The molecule has 20 nitrogen and oxygen atoms in total. The molecule has 1 aromatic rings. The molecule has 2 heterocycles. The van der Waals surface area contributed by atoms with Crippen molar-refractivity contribution in [3.05, 3.63) is 69.5 Å². The van der Waals surface area contributed by atoms with Gasteiger partial charge in [0.25, 0.3) is 5.78 Å². The van der Waals surface area contributed by atoms with Gasteiger partial charge in [-0.1, -0.05) is 99.3 Å². The highest BCUT2D eigenvalue weighted by Gasteiger charge is 2.52. The van der Waals surface area contributed by atoms with Gasteiger partial charge in [0.2, 0.25) is 12.7 Å². The summed E-state index contributed by atoms with van der Waals surface area (Å²) >= 11 is 0. The van der Waals surface area contributed by atoms with Crippen LogP contribution in [0.25, 0.3) is 0 Å². The Kier molecular flexibility index (Phi) is 26.1. The van der Waals surface area contributed by atoms with E-state index in [1.54, 1.807) is 80.5 Å². The van der Waals surface area contributed by atoms with Crippen LogP contribution in [0.5, 0.6) is 11.5 Å². The number of phenols is 1. The second-order valence-electron chi connectivity index (χ2n) is 24.0. The number of amides is 2. The first-order valence-electron chi connectivity index (χ1n) is 29.7. The molecule has 0 spiro atoms. The number of carbonyl (C=O) groups is 7. The number of aliphatic hydroxyl groups is 2. The number of piperidine rings is 1. The van der Waals surface area contributed by atoms with Gasteiger partial charge in [-0.25, -0.2) is 4.79 Å².